The molecule has 70 valence electrons. The summed E-state index contributed by atoms with van der Waals surface area (Å²) in [6, 6.07) is 5.43. The summed E-state index contributed by atoms with van der Waals surface area (Å²) < 4.78 is 0. The molecule has 0 saturated heterocycles. The third-order valence-corrected chi connectivity index (χ3v) is 2.92. The first-order chi connectivity index (χ1) is 6.15. The summed E-state index contributed by atoms with van der Waals surface area (Å²) in [5, 5.41) is 7.88. The fourth-order valence-electron chi connectivity index (χ4n) is 0.941. The summed E-state index contributed by atoms with van der Waals surface area (Å²) in [5.41, 5.74) is 6.00. The second-order valence-electron chi connectivity index (χ2n) is 2.49. The Morgan fingerprint density at radius 1 is 1.62 bits per heavy atom. The third kappa shape index (κ3) is 2.64. The summed E-state index contributed by atoms with van der Waals surface area (Å²) in [6.45, 7) is 2.07. The van der Waals surface area contributed by atoms with Crippen LogP contribution in [0, 0.1) is 5.41 Å². The number of benzene rings is 1. The van der Waals surface area contributed by atoms with Gasteiger partial charge >= 0.3 is 0 Å². The number of nitrogens with two attached hydrogens (primary N) is 1. The van der Waals surface area contributed by atoms with Gasteiger partial charge in [-0.2, -0.15) is 0 Å². The number of rotatable bonds is 3. The highest BCUT2D eigenvalue weighted by molar-refractivity contribution is 7.99. The highest BCUT2D eigenvalue weighted by Gasteiger charge is 2.02. The molecular weight excluding hydrogens is 204 g/mol. The maximum Gasteiger partial charge on any atom is 0.122 e. The van der Waals surface area contributed by atoms with E-state index in [4.69, 9.17) is 22.7 Å². The van der Waals surface area contributed by atoms with Gasteiger partial charge in [-0.05, 0) is 17.9 Å². The van der Waals surface area contributed by atoms with Crippen LogP contribution >= 0.6 is 23.4 Å². The van der Waals surface area contributed by atoms with Crippen LogP contribution in [-0.2, 0) is 0 Å². The molecule has 0 aliphatic carbocycles. The monoisotopic (exact) mass is 214 g/mol. The first-order valence-electron chi connectivity index (χ1n) is 3.92. The second-order valence-corrected chi connectivity index (χ2v) is 4.20. The van der Waals surface area contributed by atoms with Crippen LogP contribution in [0.25, 0.3) is 0 Å². The number of thioether (sulfide) groups is 1. The van der Waals surface area contributed by atoms with Crippen molar-refractivity contribution in [1.29, 1.82) is 5.41 Å². The predicted octanol–water partition coefficient (Wildman–Crippen LogP) is 2.74. The van der Waals surface area contributed by atoms with Gasteiger partial charge in [-0.15, -0.1) is 11.8 Å². The van der Waals surface area contributed by atoms with Gasteiger partial charge < -0.3 is 5.73 Å². The number of halogens is 1. The van der Waals surface area contributed by atoms with Gasteiger partial charge in [0.05, 0.1) is 5.02 Å². The molecule has 0 aliphatic heterocycles. The fourth-order valence-corrected chi connectivity index (χ4v) is 1.96. The lowest BCUT2D eigenvalue weighted by molar-refractivity contribution is 1.38. The van der Waals surface area contributed by atoms with E-state index in [0.29, 0.717) is 10.6 Å². The Kier molecular flexibility index (Phi) is 3.63. The Morgan fingerprint density at radius 3 is 2.77 bits per heavy atom. The summed E-state index contributed by atoms with van der Waals surface area (Å²) in [5.74, 6) is 1.04. The Labute approximate surface area is 87.0 Å². The zero-order valence-corrected chi connectivity index (χ0v) is 8.88. The lowest BCUT2D eigenvalue weighted by Gasteiger charge is -2.04. The molecule has 2 nitrogen and oxygen atoms in total. The number of amidine groups is 1. The van der Waals surface area contributed by atoms with Crippen LogP contribution in [0.2, 0.25) is 5.02 Å². The minimum atomic E-state index is 0.0509. The molecule has 0 fully saturated rings. The van der Waals surface area contributed by atoms with Gasteiger partial charge in [0.1, 0.15) is 5.84 Å². The summed E-state index contributed by atoms with van der Waals surface area (Å²) in [4.78, 5) is 1.04. The highest BCUT2D eigenvalue weighted by Crippen LogP contribution is 2.27. The van der Waals surface area contributed by atoms with Gasteiger partial charge in [0.25, 0.3) is 0 Å². The number of nitrogen functional groups attached to an aromatic ring is 1. The molecule has 13 heavy (non-hydrogen) atoms. The maximum absolute atomic E-state index is 7.22. The molecule has 0 heterocycles. The van der Waals surface area contributed by atoms with Crippen LogP contribution in [0.3, 0.4) is 0 Å². The lowest BCUT2D eigenvalue weighted by atomic mass is 10.2. The molecule has 0 radical (unpaired) electrons. The largest absolute Gasteiger partial charge is 0.384 e. The van der Waals surface area contributed by atoms with Crippen molar-refractivity contribution in [3.63, 3.8) is 0 Å². The average Bonchev–Trinajstić information content (AvgIpc) is 2.08. The highest BCUT2D eigenvalue weighted by atomic mass is 35.5. The topological polar surface area (TPSA) is 49.9 Å². The van der Waals surface area contributed by atoms with Crippen LogP contribution in [0.5, 0.6) is 0 Å². The van der Waals surface area contributed by atoms with Crippen LogP contribution in [0.4, 0.5) is 0 Å². The van der Waals surface area contributed by atoms with Gasteiger partial charge in [0.2, 0.25) is 0 Å². The van der Waals surface area contributed by atoms with Crippen molar-refractivity contribution in [2.75, 3.05) is 5.75 Å². The van der Waals surface area contributed by atoms with E-state index in [1.807, 2.05) is 12.1 Å². The summed E-state index contributed by atoms with van der Waals surface area (Å²) in [7, 11) is 0. The zero-order chi connectivity index (χ0) is 9.84. The molecular formula is C9H11ClN2S. The first-order valence-corrected chi connectivity index (χ1v) is 5.28. The molecule has 4 heteroatoms. The molecule has 0 bridgehead atoms. The van der Waals surface area contributed by atoms with Crippen LogP contribution in [0.1, 0.15) is 12.5 Å². The molecule has 3 N–H and O–H groups in total. The van der Waals surface area contributed by atoms with Crippen molar-refractivity contribution in [1.82, 2.24) is 0 Å². The van der Waals surface area contributed by atoms with E-state index in [9.17, 15) is 0 Å². The molecule has 0 amide bonds. The van der Waals surface area contributed by atoms with Crippen molar-refractivity contribution in [2.24, 2.45) is 5.73 Å². The van der Waals surface area contributed by atoms with Crippen molar-refractivity contribution in [3.8, 4) is 0 Å². The van der Waals surface area contributed by atoms with E-state index in [2.05, 4.69) is 6.92 Å². The number of nitrogens with one attached hydrogen (secondary N) is 1. The van der Waals surface area contributed by atoms with Crippen molar-refractivity contribution in [2.45, 2.75) is 11.8 Å². The Morgan fingerprint density at radius 2 is 2.31 bits per heavy atom. The predicted molar refractivity (Wildman–Crippen MR) is 58.9 cm³/mol. The summed E-state index contributed by atoms with van der Waals surface area (Å²) >= 11 is 7.66. The van der Waals surface area contributed by atoms with E-state index in [1.54, 1.807) is 17.8 Å². The van der Waals surface area contributed by atoms with E-state index in [0.717, 1.165) is 10.6 Å². The normalized spacial score (nSPS) is 10.0. The van der Waals surface area contributed by atoms with Gasteiger partial charge in [0.15, 0.2) is 0 Å². The molecule has 0 atom stereocenters. The molecule has 1 aromatic carbocycles. The van der Waals surface area contributed by atoms with E-state index >= 15 is 0 Å². The quantitative estimate of drug-likeness (QED) is 0.462. The Bertz CT molecular complexity index is 325. The van der Waals surface area contributed by atoms with Gasteiger partial charge in [-0.25, -0.2) is 0 Å². The van der Waals surface area contributed by atoms with Gasteiger partial charge in [-0.1, -0.05) is 24.6 Å². The smallest absolute Gasteiger partial charge is 0.122 e. The van der Waals surface area contributed by atoms with Crippen LogP contribution in [0.15, 0.2) is 23.1 Å². The number of hydrogen-bond acceptors (Lipinski definition) is 2. The number of hydrogen-bond donors (Lipinski definition) is 2. The zero-order valence-electron chi connectivity index (χ0n) is 7.30. The fraction of sp³-hybridized carbons (Fsp3) is 0.222. The van der Waals surface area contributed by atoms with Gasteiger partial charge in [-0.3, -0.25) is 5.41 Å². The third-order valence-electron chi connectivity index (χ3n) is 1.54. The SMILES string of the molecule is CCSc1ccc(C(=N)N)cc1Cl. The van der Waals surface area contributed by atoms with E-state index in [1.165, 1.54) is 0 Å². The standard InChI is InChI=1S/C9H11ClN2S/c1-2-13-8-4-3-6(9(11)12)5-7(8)10/h3-5H,2H2,1H3,(H3,11,12). The minimum absolute atomic E-state index is 0.0509. The molecule has 0 aromatic heterocycles. The molecule has 0 aliphatic rings. The molecule has 0 unspecified atom stereocenters. The van der Waals surface area contributed by atoms with Crippen LogP contribution < -0.4 is 5.73 Å². The summed E-state index contributed by atoms with van der Waals surface area (Å²) in [6.07, 6.45) is 0. The van der Waals surface area contributed by atoms with E-state index in [-0.39, 0.29) is 5.84 Å². The molecule has 1 rings (SSSR count). The average molecular weight is 215 g/mol. The lowest BCUT2D eigenvalue weighted by Crippen LogP contribution is -2.10. The minimum Gasteiger partial charge on any atom is -0.384 e. The Hall–Kier alpha value is -0.670. The van der Waals surface area contributed by atoms with Gasteiger partial charge in [0, 0.05) is 10.5 Å². The van der Waals surface area contributed by atoms with E-state index < -0.39 is 0 Å². The second kappa shape index (κ2) is 4.53. The first kappa shape index (κ1) is 10.4. The van der Waals surface area contributed by atoms with Crippen molar-refractivity contribution < 1.29 is 0 Å². The molecule has 1 aromatic rings. The molecule has 0 saturated carbocycles. The maximum atomic E-state index is 7.22. The van der Waals surface area contributed by atoms with Crippen LogP contribution in [-0.4, -0.2) is 11.6 Å². The van der Waals surface area contributed by atoms with Crippen molar-refractivity contribution in [3.05, 3.63) is 28.8 Å². The molecule has 0 spiro atoms. The van der Waals surface area contributed by atoms with Crippen molar-refractivity contribution >= 4 is 29.2 Å². The Balaban J connectivity index is 2.98.